The molecule has 0 saturated carbocycles. The number of amides is 1. The average molecular weight is 337 g/mol. The van der Waals surface area contributed by atoms with Crippen LogP contribution in [0.4, 0.5) is 0 Å². The fourth-order valence-corrected chi connectivity index (χ4v) is 2.73. The molecule has 3 nitrogen and oxygen atoms in total. The van der Waals surface area contributed by atoms with Gasteiger partial charge in [-0.15, -0.1) is 0 Å². The van der Waals surface area contributed by atoms with Crippen LogP contribution in [0.5, 0.6) is 0 Å². The first kappa shape index (κ1) is 16.8. The van der Waals surface area contributed by atoms with Crippen molar-refractivity contribution >= 4 is 29.1 Å². The van der Waals surface area contributed by atoms with E-state index in [0.29, 0.717) is 22.2 Å². The summed E-state index contributed by atoms with van der Waals surface area (Å²) in [5, 5.41) is 4.06. The smallest absolute Gasteiger partial charge is 0.252 e. The molecule has 0 fully saturated rings. The molecule has 116 valence electrons. The Morgan fingerprint density at radius 3 is 2.23 bits per heavy atom. The Labute approximate surface area is 140 Å². The SMILES string of the molecule is CN(C)[C@H](CNC(=O)c1ccccc1Cl)c1ccccc1Cl. The number of halogens is 2. The minimum atomic E-state index is -0.190. The highest BCUT2D eigenvalue weighted by Gasteiger charge is 2.18. The Morgan fingerprint density at radius 1 is 1.05 bits per heavy atom. The molecule has 2 aromatic rings. The Kier molecular flexibility index (Phi) is 5.83. The normalized spacial score (nSPS) is 12.2. The first-order valence-electron chi connectivity index (χ1n) is 6.94. The lowest BCUT2D eigenvalue weighted by Crippen LogP contribution is -2.34. The van der Waals surface area contributed by atoms with E-state index < -0.39 is 0 Å². The van der Waals surface area contributed by atoms with Gasteiger partial charge >= 0.3 is 0 Å². The number of hydrogen-bond donors (Lipinski definition) is 1. The first-order chi connectivity index (χ1) is 10.5. The van der Waals surface area contributed by atoms with E-state index in [4.69, 9.17) is 23.2 Å². The molecule has 2 rings (SSSR count). The molecule has 0 aliphatic rings. The number of hydrogen-bond acceptors (Lipinski definition) is 2. The number of carbonyl (C=O) groups is 1. The minimum absolute atomic E-state index is 0.0138. The Bertz CT molecular complexity index is 659. The van der Waals surface area contributed by atoms with Crippen LogP contribution in [0.3, 0.4) is 0 Å². The van der Waals surface area contributed by atoms with Crippen LogP contribution in [0.15, 0.2) is 48.5 Å². The molecule has 0 heterocycles. The van der Waals surface area contributed by atoms with E-state index in [2.05, 4.69) is 5.32 Å². The van der Waals surface area contributed by atoms with E-state index in [1.165, 1.54) is 0 Å². The Balaban J connectivity index is 2.12. The monoisotopic (exact) mass is 336 g/mol. The van der Waals surface area contributed by atoms with Crippen LogP contribution in [-0.2, 0) is 0 Å². The molecule has 0 aliphatic heterocycles. The van der Waals surface area contributed by atoms with Gasteiger partial charge in [-0.25, -0.2) is 0 Å². The van der Waals surface area contributed by atoms with E-state index in [1.54, 1.807) is 24.3 Å². The predicted octanol–water partition coefficient (Wildman–Crippen LogP) is 4.03. The van der Waals surface area contributed by atoms with Gasteiger partial charge in [0.25, 0.3) is 5.91 Å². The number of rotatable bonds is 5. The van der Waals surface area contributed by atoms with Gasteiger partial charge in [-0.1, -0.05) is 53.5 Å². The molecule has 0 aromatic heterocycles. The van der Waals surface area contributed by atoms with Gasteiger partial charge in [0.05, 0.1) is 16.6 Å². The molecular formula is C17H18Cl2N2O. The van der Waals surface area contributed by atoms with Gasteiger partial charge in [-0.2, -0.15) is 0 Å². The quantitative estimate of drug-likeness (QED) is 0.894. The Morgan fingerprint density at radius 2 is 1.64 bits per heavy atom. The van der Waals surface area contributed by atoms with Crippen molar-refractivity contribution in [2.24, 2.45) is 0 Å². The van der Waals surface area contributed by atoms with Crippen LogP contribution in [-0.4, -0.2) is 31.4 Å². The second-order valence-electron chi connectivity index (χ2n) is 5.19. The zero-order valence-electron chi connectivity index (χ0n) is 12.5. The molecule has 5 heteroatoms. The van der Waals surface area contributed by atoms with Gasteiger partial charge in [-0.05, 0) is 37.9 Å². The fourth-order valence-electron chi connectivity index (χ4n) is 2.25. The summed E-state index contributed by atoms with van der Waals surface area (Å²) >= 11 is 12.3. The third kappa shape index (κ3) is 4.01. The lowest BCUT2D eigenvalue weighted by atomic mass is 10.1. The number of nitrogens with one attached hydrogen (secondary N) is 1. The summed E-state index contributed by atoms with van der Waals surface area (Å²) in [5.74, 6) is -0.190. The van der Waals surface area contributed by atoms with Crippen molar-refractivity contribution in [3.63, 3.8) is 0 Å². The van der Waals surface area contributed by atoms with E-state index in [-0.39, 0.29) is 11.9 Å². The van der Waals surface area contributed by atoms with E-state index in [9.17, 15) is 4.79 Å². The molecule has 0 unspecified atom stereocenters. The summed E-state index contributed by atoms with van der Waals surface area (Å²) in [6.07, 6.45) is 0. The number of likely N-dealkylation sites (N-methyl/N-ethyl adjacent to an activating group) is 1. The van der Waals surface area contributed by atoms with Crippen LogP contribution < -0.4 is 5.32 Å². The molecule has 1 atom stereocenters. The molecule has 1 N–H and O–H groups in total. The summed E-state index contributed by atoms with van der Waals surface area (Å²) < 4.78 is 0. The molecular weight excluding hydrogens is 319 g/mol. The molecule has 0 aliphatic carbocycles. The largest absolute Gasteiger partial charge is 0.350 e. The van der Waals surface area contributed by atoms with Crippen molar-refractivity contribution in [3.05, 3.63) is 69.7 Å². The standard InChI is InChI=1S/C17H18Cl2N2O/c1-21(2)16(12-7-3-5-9-14(12)18)11-20-17(22)13-8-4-6-10-15(13)19/h3-10,16H,11H2,1-2H3,(H,20,22)/t16-/m1/s1. The lowest BCUT2D eigenvalue weighted by Gasteiger charge is -2.26. The minimum Gasteiger partial charge on any atom is -0.350 e. The summed E-state index contributed by atoms with van der Waals surface area (Å²) in [5.41, 5.74) is 1.45. The molecule has 0 bridgehead atoms. The molecule has 22 heavy (non-hydrogen) atoms. The van der Waals surface area contributed by atoms with Crippen molar-refractivity contribution in [1.82, 2.24) is 10.2 Å². The van der Waals surface area contributed by atoms with Gasteiger partial charge in [0.2, 0.25) is 0 Å². The van der Waals surface area contributed by atoms with Crippen molar-refractivity contribution in [2.75, 3.05) is 20.6 Å². The molecule has 0 saturated heterocycles. The van der Waals surface area contributed by atoms with Crippen molar-refractivity contribution in [1.29, 1.82) is 0 Å². The van der Waals surface area contributed by atoms with Crippen molar-refractivity contribution < 1.29 is 4.79 Å². The highest BCUT2D eigenvalue weighted by atomic mass is 35.5. The molecule has 1 amide bonds. The molecule has 0 radical (unpaired) electrons. The summed E-state index contributed by atoms with van der Waals surface area (Å²) in [7, 11) is 3.91. The van der Waals surface area contributed by atoms with Gasteiger partial charge in [0.1, 0.15) is 0 Å². The third-order valence-corrected chi connectivity index (χ3v) is 4.14. The molecule has 0 spiro atoms. The maximum atomic E-state index is 12.3. The number of nitrogens with zero attached hydrogens (tertiary/aromatic N) is 1. The van der Waals surface area contributed by atoms with Crippen molar-refractivity contribution in [3.8, 4) is 0 Å². The van der Waals surface area contributed by atoms with Gasteiger partial charge in [0, 0.05) is 11.6 Å². The van der Waals surface area contributed by atoms with Crippen LogP contribution in [0, 0.1) is 0 Å². The van der Waals surface area contributed by atoms with E-state index >= 15 is 0 Å². The second-order valence-corrected chi connectivity index (χ2v) is 6.01. The molecule has 2 aromatic carbocycles. The van der Waals surface area contributed by atoms with Crippen LogP contribution in [0.2, 0.25) is 10.0 Å². The maximum absolute atomic E-state index is 12.3. The van der Waals surface area contributed by atoms with Crippen LogP contribution in [0.25, 0.3) is 0 Å². The average Bonchev–Trinajstić information content (AvgIpc) is 2.49. The summed E-state index contributed by atoms with van der Waals surface area (Å²) in [6, 6.07) is 14.6. The number of carbonyl (C=O) groups excluding carboxylic acids is 1. The van der Waals surface area contributed by atoms with E-state index in [0.717, 1.165) is 5.56 Å². The van der Waals surface area contributed by atoms with Crippen LogP contribution >= 0.6 is 23.2 Å². The number of benzene rings is 2. The zero-order valence-corrected chi connectivity index (χ0v) is 14.0. The Hall–Kier alpha value is -1.55. The maximum Gasteiger partial charge on any atom is 0.252 e. The van der Waals surface area contributed by atoms with Gasteiger partial charge in [-0.3, -0.25) is 4.79 Å². The zero-order chi connectivity index (χ0) is 16.1. The van der Waals surface area contributed by atoms with E-state index in [1.807, 2.05) is 43.3 Å². The topological polar surface area (TPSA) is 32.3 Å². The van der Waals surface area contributed by atoms with Gasteiger partial charge in [0.15, 0.2) is 0 Å². The predicted molar refractivity (Wildman–Crippen MR) is 91.7 cm³/mol. The lowest BCUT2D eigenvalue weighted by molar-refractivity contribution is 0.0942. The highest BCUT2D eigenvalue weighted by molar-refractivity contribution is 6.33. The highest BCUT2D eigenvalue weighted by Crippen LogP contribution is 2.25. The van der Waals surface area contributed by atoms with Crippen LogP contribution in [0.1, 0.15) is 22.0 Å². The summed E-state index contributed by atoms with van der Waals surface area (Å²) in [4.78, 5) is 14.3. The van der Waals surface area contributed by atoms with Gasteiger partial charge < -0.3 is 10.2 Å². The fraction of sp³-hybridized carbons (Fsp3) is 0.235. The first-order valence-corrected chi connectivity index (χ1v) is 7.70. The van der Waals surface area contributed by atoms with Crippen molar-refractivity contribution in [2.45, 2.75) is 6.04 Å². The third-order valence-electron chi connectivity index (χ3n) is 3.46. The second kappa shape index (κ2) is 7.63. The summed E-state index contributed by atoms with van der Waals surface area (Å²) in [6.45, 7) is 0.445.